The Morgan fingerprint density at radius 2 is 1.71 bits per heavy atom. The Labute approximate surface area is 215 Å². The van der Waals surface area contributed by atoms with Crippen LogP contribution < -0.4 is 10.1 Å². The van der Waals surface area contributed by atoms with Gasteiger partial charge in [-0.3, -0.25) is 14.4 Å². The molecule has 0 radical (unpaired) electrons. The van der Waals surface area contributed by atoms with Gasteiger partial charge in [-0.1, -0.05) is 69.5 Å². The largest absolute Gasteiger partial charge is 0.492 e. The molecule has 3 aromatic rings. The zero-order chi connectivity index (χ0) is 24.5. The molecule has 9 heteroatoms. The molecule has 0 bridgehead atoms. The lowest BCUT2D eigenvalue weighted by atomic mass is 10.0. The Kier molecular flexibility index (Phi) is 9.51. The first-order valence-corrected chi connectivity index (χ1v) is 11.8. The number of carbonyl (C=O) groups is 3. The standard InChI is InChI=1S/C25H20BrCl2NO5/c26-17-8-11-22(20(28)13-17)33-12-4-7-24(31)34-15-23(30)29-21-10-9-18(27)14-19(21)25(32)16-5-2-1-3-6-16/h1-3,5-6,8-11,13-14H,4,7,12,15H2,(H,29,30). The quantitative estimate of drug-likeness (QED) is 0.177. The van der Waals surface area contributed by atoms with Gasteiger partial charge in [0.25, 0.3) is 5.91 Å². The molecule has 0 heterocycles. The summed E-state index contributed by atoms with van der Waals surface area (Å²) >= 11 is 15.4. The van der Waals surface area contributed by atoms with E-state index >= 15 is 0 Å². The van der Waals surface area contributed by atoms with Gasteiger partial charge in [0, 0.05) is 27.0 Å². The van der Waals surface area contributed by atoms with E-state index in [2.05, 4.69) is 21.2 Å². The molecule has 3 rings (SSSR count). The van der Waals surface area contributed by atoms with E-state index in [0.717, 1.165) is 4.47 Å². The highest BCUT2D eigenvalue weighted by Gasteiger charge is 2.17. The van der Waals surface area contributed by atoms with Gasteiger partial charge in [0.15, 0.2) is 12.4 Å². The third-order valence-electron chi connectivity index (χ3n) is 4.58. The van der Waals surface area contributed by atoms with Crippen LogP contribution in [0.3, 0.4) is 0 Å². The summed E-state index contributed by atoms with van der Waals surface area (Å²) in [6, 6.07) is 18.4. The number of anilines is 1. The molecule has 6 nitrogen and oxygen atoms in total. The number of hydrogen-bond donors (Lipinski definition) is 1. The van der Waals surface area contributed by atoms with Gasteiger partial charge in [0.2, 0.25) is 0 Å². The minimum atomic E-state index is -0.573. The van der Waals surface area contributed by atoms with E-state index in [1.54, 1.807) is 54.6 Å². The Hall–Kier alpha value is -2.87. The Morgan fingerprint density at radius 3 is 2.44 bits per heavy atom. The van der Waals surface area contributed by atoms with Gasteiger partial charge in [0.05, 0.1) is 17.3 Å². The summed E-state index contributed by atoms with van der Waals surface area (Å²) in [7, 11) is 0. The van der Waals surface area contributed by atoms with Crippen molar-refractivity contribution in [1.29, 1.82) is 0 Å². The first kappa shape index (κ1) is 25.7. The maximum Gasteiger partial charge on any atom is 0.306 e. The van der Waals surface area contributed by atoms with Crippen molar-refractivity contribution >= 4 is 62.5 Å². The summed E-state index contributed by atoms with van der Waals surface area (Å²) in [5.74, 6) is -0.893. The monoisotopic (exact) mass is 563 g/mol. The summed E-state index contributed by atoms with van der Waals surface area (Å²) < 4.78 is 11.4. The highest BCUT2D eigenvalue weighted by molar-refractivity contribution is 9.10. The Bertz CT molecular complexity index is 1190. The minimum absolute atomic E-state index is 0.0696. The number of hydrogen-bond acceptors (Lipinski definition) is 5. The second-order valence-electron chi connectivity index (χ2n) is 7.12. The summed E-state index contributed by atoms with van der Waals surface area (Å²) in [5.41, 5.74) is 0.972. The smallest absolute Gasteiger partial charge is 0.306 e. The van der Waals surface area contributed by atoms with Gasteiger partial charge in [-0.05, 0) is 42.8 Å². The zero-order valence-electron chi connectivity index (χ0n) is 17.9. The molecule has 0 fully saturated rings. The molecule has 3 aromatic carbocycles. The van der Waals surface area contributed by atoms with E-state index < -0.39 is 18.5 Å². The lowest BCUT2D eigenvalue weighted by Gasteiger charge is -2.12. The van der Waals surface area contributed by atoms with Gasteiger partial charge < -0.3 is 14.8 Å². The molecular weight excluding hydrogens is 545 g/mol. The van der Waals surface area contributed by atoms with Crippen molar-refractivity contribution in [3.8, 4) is 5.75 Å². The molecule has 1 N–H and O–H groups in total. The predicted octanol–water partition coefficient (Wildman–Crippen LogP) is 6.33. The molecule has 0 saturated carbocycles. The van der Waals surface area contributed by atoms with Crippen molar-refractivity contribution in [2.45, 2.75) is 12.8 Å². The van der Waals surface area contributed by atoms with E-state index in [-0.39, 0.29) is 30.1 Å². The molecule has 34 heavy (non-hydrogen) atoms. The van der Waals surface area contributed by atoms with E-state index in [1.165, 1.54) is 12.1 Å². The third kappa shape index (κ3) is 7.58. The van der Waals surface area contributed by atoms with Gasteiger partial charge in [-0.2, -0.15) is 0 Å². The molecule has 0 aliphatic carbocycles. The van der Waals surface area contributed by atoms with Crippen molar-refractivity contribution in [1.82, 2.24) is 0 Å². The summed E-state index contributed by atoms with van der Waals surface area (Å²) in [5, 5.41) is 3.42. The van der Waals surface area contributed by atoms with Crippen LogP contribution in [0.1, 0.15) is 28.8 Å². The average Bonchev–Trinajstić information content (AvgIpc) is 2.83. The number of ether oxygens (including phenoxy) is 2. The van der Waals surface area contributed by atoms with Crippen LogP contribution in [-0.2, 0) is 14.3 Å². The number of esters is 1. The molecular formula is C25H20BrCl2NO5. The number of nitrogens with one attached hydrogen (secondary N) is 1. The first-order valence-electron chi connectivity index (χ1n) is 10.3. The molecule has 0 atom stereocenters. The zero-order valence-corrected chi connectivity index (χ0v) is 21.0. The number of rotatable bonds is 10. The lowest BCUT2D eigenvalue weighted by molar-refractivity contribution is -0.147. The van der Waals surface area contributed by atoms with E-state index in [1.807, 2.05) is 0 Å². The van der Waals surface area contributed by atoms with Gasteiger partial charge in [0.1, 0.15) is 5.75 Å². The molecule has 0 aliphatic rings. The second-order valence-corrected chi connectivity index (χ2v) is 8.88. The summed E-state index contributed by atoms with van der Waals surface area (Å²) in [6.45, 7) is -0.224. The van der Waals surface area contributed by atoms with Crippen molar-refractivity contribution in [3.63, 3.8) is 0 Å². The second kappa shape index (κ2) is 12.6. The van der Waals surface area contributed by atoms with Crippen LogP contribution >= 0.6 is 39.1 Å². The van der Waals surface area contributed by atoms with Crippen molar-refractivity contribution in [3.05, 3.63) is 92.4 Å². The lowest BCUT2D eigenvalue weighted by Crippen LogP contribution is -2.22. The number of halogens is 3. The topological polar surface area (TPSA) is 81.7 Å². The maximum atomic E-state index is 12.8. The maximum absolute atomic E-state index is 12.8. The Balaban J connectivity index is 1.47. The molecule has 0 aliphatic heterocycles. The number of carbonyl (C=O) groups excluding carboxylic acids is 3. The fourth-order valence-corrected chi connectivity index (χ4v) is 3.85. The van der Waals surface area contributed by atoms with Crippen LogP contribution in [0, 0.1) is 0 Å². The fourth-order valence-electron chi connectivity index (χ4n) is 2.95. The fraction of sp³-hybridized carbons (Fsp3) is 0.160. The van der Waals surface area contributed by atoms with Crippen LogP contribution in [0.5, 0.6) is 5.75 Å². The molecule has 0 aromatic heterocycles. The SMILES string of the molecule is O=C(COC(=O)CCCOc1ccc(Br)cc1Cl)Nc1ccc(Cl)cc1C(=O)c1ccccc1. The third-order valence-corrected chi connectivity index (χ3v) is 5.60. The van der Waals surface area contributed by atoms with Crippen LogP contribution in [-0.4, -0.2) is 30.9 Å². The van der Waals surface area contributed by atoms with Crippen molar-refractivity contribution in [2.24, 2.45) is 0 Å². The van der Waals surface area contributed by atoms with E-state index in [4.69, 9.17) is 32.7 Å². The average molecular weight is 565 g/mol. The van der Waals surface area contributed by atoms with Crippen LogP contribution in [0.25, 0.3) is 0 Å². The summed E-state index contributed by atoms with van der Waals surface area (Å²) in [4.78, 5) is 37.1. The van der Waals surface area contributed by atoms with Crippen LogP contribution in [0.4, 0.5) is 5.69 Å². The number of amides is 1. The van der Waals surface area contributed by atoms with Crippen molar-refractivity contribution < 1.29 is 23.9 Å². The van der Waals surface area contributed by atoms with Crippen LogP contribution in [0.2, 0.25) is 10.0 Å². The molecule has 0 spiro atoms. The minimum Gasteiger partial charge on any atom is -0.492 e. The molecule has 1 amide bonds. The molecule has 0 unspecified atom stereocenters. The van der Waals surface area contributed by atoms with Crippen LogP contribution in [0.15, 0.2) is 71.2 Å². The molecule has 176 valence electrons. The number of ketones is 1. The Morgan fingerprint density at radius 1 is 0.941 bits per heavy atom. The first-order chi connectivity index (χ1) is 16.3. The van der Waals surface area contributed by atoms with Gasteiger partial charge in [-0.25, -0.2) is 0 Å². The van der Waals surface area contributed by atoms with Gasteiger partial charge >= 0.3 is 5.97 Å². The molecule has 0 saturated heterocycles. The van der Waals surface area contributed by atoms with Gasteiger partial charge in [-0.15, -0.1) is 0 Å². The van der Waals surface area contributed by atoms with E-state index in [0.29, 0.717) is 27.8 Å². The number of benzene rings is 3. The summed E-state index contributed by atoms with van der Waals surface area (Å²) in [6.07, 6.45) is 0.458. The highest BCUT2D eigenvalue weighted by atomic mass is 79.9. The predicted molar refractivity (Wildman–Crippen MR) is 135 cm³/mol. The van der Waals surface area contributed by atoms with E-state index in [9.17, 15) is 14.4 Å². The normalized spacial score (nSPS) is 10.4. The highest BCUT2D eigenvalue weighted by Crippen LogP contribution is 2.28. The van der Waals surface area contributed by atoms with Crippen molar-refractivity contribution in [2.75, 3.05) is 18.5 Å².